The number of halogens is 1. The molecule has 1 aromatic heterocycles. The molecule has 0 saturated heterocycles. The van der Waals surface area contributed by atoms with Crippen LogP contribution in [0.5, 0.6) is 0 Å². The molecule has 21 heavy (non-hydrogen) atoms. The summed E-state index contributed by atoms with van der Waals surface area (Å²) in [5.41, 5.74) is -0.451. The van der Waals surface area contributed by atoms with E-state index in [2.05, 4.69) is 0 Å². The number of benzene rings is 1. The van der Waals surface area contributed by atoms with E-state index in [-0.39, 0.29) is 0 Å². The van der Waals surface area contributed by atoms with Gasteiger partial charge >= 0.3 is 7.12 Å². The third kappa shape index (κ3) is 3.11. The van der Waals surface area contributed by atoms with E-state index in [1.165, 1.54) is 0 Å². The van der Waals surface area contributed by atoms with E-state index < -0.39 is 18.3 Å². The molecule has 0 aliphatic rings. The smallest absolute Gasteiger partial charge is 0.422 e. The summed E-state index contributed by atoms with van der Waals surface area (Å²) in [6.07, 6.45) is 0. The predicted octanol–water partition coefficient (Wildman–Crippen LogP) is 2.09. The molecule has 2 aromatic rings. The van der Waals surface area contributed by atoms with Crippen molar-refractivity contribution in [2.45, 2.75) is 38.9 Å². The highest BCUT2D eigenvalue weighted by Crippen LogP contribution is 2.26. The zero-order valence-electron chi connectivity index (χ0n) is 13.0. The van der Waals surface area contributed by atoms with E-state index in [9.17, 15) is 10.1 Å². The molecule has 0 radical (unpaired) electrons. The third-order valence-electron chi connectivity index (χ3n) is 4.18. The number of hydrogen-bond donors (Lipinski definition) is 2. The highest BCUT2D eigenvalue weighted by atomic mass is 35.5. The molecular weight excluding hydrogens is 288 g/mol. The fourth-order valence-corrected chi connectivity index (χ4v) is 2.21. The Kier molecular flexibility index (Phi) is 4.15. The molecule has 1 heterocycles. The van der Waals surface area contributed by atoms with Gasteiger partial charge in [0.2, 0.25) is 0 Å². The van der Waals surface area contributed by atoms with Gasteiger partial charge in [0, 0.05) is 23.2 Å². The fourth-order valence-electron chi connectivity index (χ4n) is 2.05. The number of nitrogens with zero attached hydrogens (tertiary/aromatic N) is 1. The van der Waals surface area contributed by atoms with Gasteiger partial charge in [0.15, 0.2) is 0 Å². The molecule has 114 valence electrons. The lowest BCUT2D eigenvalue weighted by molar-refractivity contribution is -0.0984. The van der Waals surface area contributed by atoms with Gasteiger partial charge in [0.25, 0.3) is 0 Å². The van der Waals surface area contributed by atoms with Crippen molar-refractivity contribution in [1.29, 1.82) is 0 Å². The largest absolute Gasteiger partial charge is 0.509 e. The van der Waals surface area contributed by atoms with E-state index in [4.69, 9.17) is 16.3 Å². The lowest BCUT2D eigenvalue weighted by Gasteiger charge is -2.38. The first-order valence-electron chi connectivity index (χ1n) is 6.86. The third-order valence-corrected chi connectivity index (χ3v) is 4.41. The van der Waals surface area contributed by atoms with Crippen LogP contribution in [0.4, 0.5) is 0 Å². The van der Waals surface area contributed by atoms with Crippen molar-refractivity contribution in [3.8, 4) is 0 Å². The predicted molar refractivity (Wildman–Crippen MR) is 87.0 cm³/mol. The molecule has 2 rings (SSSR count). The van der Waals surface area contributed by atoms with E-state index in [0.717, 1.165) is 10.9 Å². The summed E-state index contributed by atoms with van der Waals surface area (Å²) in [5.74, 6) is 0. The molecule has 1 aromatic carbocycles. The second-order valence-corrected chi connectivity index (χ2v) is 6.81. The molecule has 4 nitrogen and oxygen atoms in total. The molecule has 0 fully saturated rings. The van der Waals surface area contributed by atoms with Crippen LogP contribution in [-0.4, -0.2) is 33.0 Å². The first kappa shape index (κ1) is 16.4. The second kappa shape index (κ2) is 5.32. The maximum atomic E-state index is 10.4. The van der Waals surface area contributed by atoms with Crippen molar-refractivity contribution in [3.63, 3.8) is 0 Å². The van der Waals surface area contributed by atoms with Crippen LogP contribution in [0.3, 0.4) is 0 Å². The summed E-state index contributed by atoms with van der Waals surface area (Å²) in [4.78, 5) is 0. The highest BCUT2D eigenvalue weighted by molar-refractivity contribution is 6.59. The molecule has 6 heteroatoms. The first-order chi connectivity index (χ1) is 9.53. The Morgan fingerprint density at radius 2 is 1.81 bits per heavy atom. The molecule has 0 bridgehead atoms. The molecule has 0 aliphatic heterocycles. The van der Waals surface area contributed by atoms with Crippen LogP contribution in [0.2, 0.25) is 5.02 Å². The quantitative estimate of drug-likeness (QED) is 0.850. The van der Waals surface area contributed by atoms with Gasteiger partial charge in [-0.3, -0.25) is 0 Å². The lowest BCUT2D eigenvalue weighted by Crippen LogP contribution is -2.54. The molecule has 0 amide bonds. The Balaban J connectivity index is 2.36. The summed E-state index contributed by atoms with van der Waals surface area (Å²) < 4.78 is 7.52. The summed E-state index contributed by atoms with van der Waals surface area (Å²) >= 11 is 6.01. The van der Waals surface area contributed by atoms with Crippen LogP contribution in [0.25, 0.3) is 10.9 Å². The zero-order chi connectivity index (χ0) is 16.0. The van der Waals surface area contributed by atoms with Crippen LogP contribution in [0.15, 0.2) is 24.3 Å². The fraction of sp³-hybridized carbons (Fsp3) is 0.467. The first-order valence-corrected chi connectivity index (χ1v) is 7.24. The van der Waals surface area contributed by atoms with E-state index in [1.54, 1.807) is 27.7 Å². The van der Waals surface area contributed by atoms with Gasteiger partial charge in [0.1, 0.15) is 0 Å². The lowest BCUT2D eigenvalue weighted by atomic mass is 9.80. The minimum Gasteiger partial charge on any atom is -0.422 e. The molecular formula is C15H21BClNO3. The number of aliphatic hydroxyl groups is 1. The van der Waals surface area contributed by atoms with Gasteiger partial charge in [-0.2, -0.15) is 0 Å². The molecule has 0 saturated carbocycles. The minimum atomic E-state index is -1.14. The highest BCUT2D eigenvalue weighted by Gasteiger charge is 2.40. The maximum absolute atomic E-state index is 10.4. The van der Waals surface area contributed by atoms with Crippen LogP contribution in [0.1, 0.15) is 27.7 Å². The molecule has 0 aliphatic carbocycles. The molecule has 0 spiro atoms. The van der Waals surface area contributed by atoms with E-state index in [1.807, 2.05) is 35.9 Å². The van der Waals surface area contributed by atoms with Crippen LogP contribution >= 0.6 is 11.6 Å². The van der Waals surface area contributed by atoms with Crippen molar-refractivity contribution in [1.82, 2.24) is 4.57 Å². The van der Waals surface area contributed by atoms with Gasteiger partial charge < -0.3 is 19.4 Å². The van der Waals surface area contributed by atoms with Crippen molar-refractivity contribution in [2.24, 2.45) is 7.05 Å². The van der Waals surface area contributed by atoms with Crippen LogP contribution in [-0.2, 0) is 11.7 Å². The molecule has 0 atom stereocenters. The van der Waals surface area contributed by atoms with Crippen molar-refractivity contribution >= 4 is 35.2 Å². The van der Waals surface area contributed by atoms with E-state index in [0.29, 0.717) is 10.6 Å². The van der Waals surface area contributed by atoms with Gasteiger partial charge in [-0.25, -0.2) is 0 Å². The Morgan fingerprint density at radius 1 is 1.19 bits per heavy atom. The topological polar surface area (TPSA) is 54.6 Å². The van der Waals surface area contributed by atoms with Gasteiger partial charge in [-0.05, 0) is 51.3 Å². The van der Waals surface area contributed by atoms with Crippen molar-refractivity contribution in [2.75, 3.05) is 0 Å². The molecule has 0 unspecified atom stereocenters. The van der Waals surface area contributed by atoms with Crippen molar-refractivity contribution in [3.05, 3.63) is 29.3 Å². The average Bonchev–Trinajstić information content (AvgIpc) is 2.65. The number of aromatic nitrogens is 1. The minimum absolute atomic E-state index is 0.615. The van der Waals surface area contributed by atoms with Crippen LogP contribution < -0.4 is 5.59 Å². The summed E-state index contributed by atoms with van der Waals surface area (Å²) in [6.45, 7) is 6.80. The van der Waals surface area contributed by atoms with Gasteiger partial charge in [-0.1, -0.05) is 17.7 Å². The summed E-state index contributed by atoms with van der Waals surface area (Å²) in [7, 11) is 0.708. The standard InChI is InChI=1S/C15H21BClNO3/c1-14(2,19)15(3,4)21-16(20)13-8-10-6-7-11(17)9-12(10)18(13)5/h6-9,19-20H,1-5H3. The monoisotopic (exact) mass is 309 g/mol. The zero-order valence-corrected chi connectivity index (χ0v) is 13.8. The van der Waals surface area contributed by atoms with E-state index >= 15 is 0 Å². The Hall–Kier alpha value is -1.01. The summed E-state index contributed by atoms with van der Waals surface area (Å²) in [6, 6.07) is 7.40. The van der Waals surface area contributed by atoms with Crippen molar-refractivity contribution < 1.29 is 14.8 Å². The Bertz CT molecular complexity index is 661. The SMILES string of the molecule is Cn1c(B(O)OC(C)(C)C(C)(C)O)cc2ccc(Cl)cc21. The normalized spacial score (nSPS) is 13.0. The van der Waals surface area contributed by atoms with Gasteiger partial charge in [-0.15, -0.1) is 0 Å². The van der Waals surface area contributed by atoms with Crippen LogP contribution in [0, 0.1) is 0 Å². The van der Waals surface area contributed by atoms with Gasteiger partial charge in [0.05, 0.1) is 11.2 Å². The summed E-state index contributed by atoms with van der Waals surface area (Å²) in [5, 5.41) is 22.1. The number of hydrogen-bond acceptors (Lipinski definition) is 3. The number of rotatable bonds is 4. The number of aryl methyl sites for hydroxylation is 1. The maximum Gasteiger partial charge on any atom is 0.509 e. The Labute approximate surface area is 130 Å². The Morgan fingerprint density at radius 3 is 2.38 bits per heavy atom. The number of fused-ring (bicyclic) bond motifs is 1. The molecule has 2 N–H and O–H groups in total. The second-order valence-electron chi connectivity index (χ2n) is 6.37. The average molecular weight is 310 g/mol.